The second-order valence-electron chi connectivity index (χ2n) is 4.03. The highest BCUT2D eigenvalue weighted by atomic mass is 32.2. The van der Waals surface area contributed by atoms with Gasteiger partial charge in [-0.25, -0.2) is 8.42 Å². The topological polar surface area (TPSA) is 83.9 Å². The van der Waals surface area contributed by atoms with Crippen LogP contribution in [-0.4, -0.2) is 54.8 Å². The predicted octanol–water partition coefficient (Wildman–Crippen LogP) is -0.0999. The molecule has 2 atom stereocenters. The van der Waals surface area contributed by atoms with Crippen LogP contribution in [0.3, 0.4) is 0 Å². The Kier molecular flexibility index (Phi) is 4.28. The molecule has 0 bridgehead atoms. The van der Waals surface area contributed by atoms with Gasteiger partial charge in [-0.3, -0.25) is 4.79 Å². The van der Waals surface area contributed by atoms with Crippen molar-refractivity contribution in [1.82, 2.24) is 4.31 Å². The fourth-order valence-electron chi connectivity index (χ4n) is 1.70. The average Bonchev–Trinajstić information content (AvgIpc) is 2.13. The standard InChI is InChI=1S/C9H17NO5S/c1-7-5-10(6-8(2)15-7)16(13,14)4-3-9(11)12/h7-8H,3-6H2,1-2H3,(H,11,12)/t7-,8+. The predicted molar refractivity (Wildman–Crippen MR) is 57.6 cm³/mol. The van der Waals surface area contributed by atoms with Crippen molar-refractivity contribution in [1.29, 1.82) is 0 Å². The zero-order chi connectivity index (χ0) is 12.3. The van der Waals surface area contributed by atoms with Crippen LogP contribution in [0.5, 0.6) is 0 Å². The summed E-state index contributed by atoms with van der Waals surface area (Å²) in [5, 5.41) is 8.47. The number of aliphatic carboxylic acids is 1. The number of hydrogen-bond acceptors (Lipinski definition) is 4. The molecule has 6 nitrogen and oxygen atoms in total. The highest BCUT2D eigenvalue weighted by Crippen LogP contribution is 2.15. The highest BCUT2D eigenvalue weighted by Gasteiger charge is 2.30. The molecule has 0 aromatic carbocycles. The minimum Gasteiger partial charge on any atom is -0.481 e. The Morgan fingerprint density at radius 1 is 1.38 bits per heavy atom. The van der Waals surface area contributed by atoms with Crippen LogP contribution in [-0.2, 0) is 19.6 Å². The van der Waals surface area contributed by atoms with E-state index in [2.05, 4.69) is 0 Å². The van der Waals surface area contributed by atoms with Gasteiger partial charge in [-0.05, 0) is 13.8 Å². The van der Waals surface area contributed by atoms with E-state index in [-0.39, 0.29) is 24.4 Å². The Labute approximate surface area is 95.2 Å². The molecule has 0 aromatic heterocycles. The fourth-order valence-corrected chi connectivity index (χ4v) is 3.27. The lowest BCUT2D eigenvalue weighted by Crippen LogP contribution is -2.48. The summed E-state index contributed by atoms with van der Waals surface area (Å²) >= 11 is 0. The van der Waals surface area contributed by atoms with Crippen LogP contribution in [0, 0.1) is 0 Å². The third kappa shape index (κ3) is 3.73. The first-order valence-corrected chi connectivity index (χ1v) is 6.77. The quantitative estimate of drug-likeness (QED) is 0.754. The van der Waals surface area contributed by atoms with Crippen LogP contribution in [0.15, 0.2) is 0 Å². The van der Waals surface area contributed by atoms with Gasteiger partial charge in [-0.15, -0.1) is 0 Å². The summed E-state index contributed by atoms with van der Waals surface area (Å²) in [4.78, 5) is 10.3. The van der Waals surface area contributed by atoms with Crippen LogP contribution >= 0.6 is 0 Å². The first kappa shape index (κ1) is 13.4. The van der Waals surface area contributed by atoms with E-state index in [4.69, 9.17) is 9.84 Å². The number of rotatable bonds is 4. The smallest absolute Gasteiger partial charge is 0.304 e. The van der Waals surface area contributed by atoms with Crippen molar-refractivity contribution in [2.45, 2.75) is 32.5 Å². The molecule has 0 spiro atoms. The monoisotopic (exact) mass is 251 g/mol. The number of ether oxygens (including phenoxy) is 1. The van der Waals surface area contributed by atoms with Crippen LogP contribution in [0.1, 0.15) is 20.3 Å². The number of sulfonamides is 1. The normalized spacial score (nSPS) is 27.9. The number of carboxylic acids is 1. The Morgan fingerprint density at radius 2 is 1.88 bits per heavy atom. The lowest BCUT2D eigenvalue weighted by atomic mass is 10.3. The largest absolute Gasteiger partial charge is 0.481 e. The molecule has 1 N–H and O–H groups in total. The first-order chi connectivity index (χ1) is 7.31. The van der Waals surface area contributed by atoms with Gasteiger partial charge in [0.15, 0.2) is 0 Å². The first-order valence-electron chi connectivity index (χ1n) is 5.16. The average molecular weight is 251 g/mol. The van der Waals surface area contributed by atoms with Gasteiger partial charge >= 0.3 is 5.97 Å². The van der Waals surface area contributed by atoms with E-state index < -0.39 is 16.0 Å². The molecule has 1 rings (SSSR count). The molecule has 1 heterocycles. The van der Waals surface area contributed by atoms with Crippen molar-refractivity contribution >= 4 is 16.0 Å². The summed E-state index contributed by atoms with van der Waals surface area (Å²) in [5.41, 5.74) is 0. The summed E-state index contributed by atoms with van der Waals surface area (Å²) in [6.07, 6.45) is -0.658. The molecule has 1 aliphatic rings. The number of morpholine rings is 1. The SMILES string of the molecule is C[C@@H]1CN(S(=O)(=O)CCC(=O)O)C[C@H](C)O1. The molecule has 0 unspecified atom stereocenters. The van der Waals surface area contributed by atoms with Crippen LogP contribution in [0.4, 0.5) is 0 Å². The van der Waals surface area contributed by atoms with Gasteiger partial charge in [0.1, 0.15) is 0 Å². The zero-order valence-electron chi connectivity index (χ0n) is 9.42. The summed E-state index contributed by atoms with van der Waals surface area (Å²) in [7, 11) is -3.47. The summed E-state index contributed by atoms with van der Waals surface area (Å²) in [5.74, 6) is -1.44. The van der Waals surface area contributed by atoms with E-state index in [0.717, 1.165) is 0 Å². The van der Waals surface area contributed by atoms with Gasteiger partial charge in [-0.1, -0.05) is 0 Å². The minimum absolute atomic E-state index is 0.150. The van der Waals surface area contributed by atoms with E-state index in [9.17, 15) is 13.2 Å². The lowest BCUT2D eigenvalue weighted by Gasteiger charge is -2.34. The molecule has 16 heavy (non-hydrogen) atoms. The van der Waals surface area contributed by atoms with Crippen molar-refractivity contribution < 1.29 is 23.1 Å². The Hall–Kier alpha value is -0.660. The molecule has 0 amide bonds. The van der Waals surface area contributed by atoms with Crippen LogP contribution in [0.25, 0.3) is 0 Å². The van der Waals surface area contributed by atoms with E-state index in [1.165, 1.54) is 4.31 Å². The van der Waals surface area contributed by atoms with Gasteiger partial charge in [0, 0.05) is 13.1 Å². The van der Waals surface area contributed by atoms with Crippen molar-refractivity contribution in [3.63, 3.8) is 0 Å². The second kappa shape index (κ2) is 5.11. The summed E-state index contributed by atoms with van der Waals surface area (Å²) < 4.78 is 30.3. The van der Waals surface area contributed by atoms with Crippen molar-refractivity contribution in [3.8, 4) is 0 Å². The number of hydrogen-bond donors (Lipinski definition) is 1. The molecule has 1 fully saturated rings. The zero-order valence-corrected chi connectivity index (χ0v) is 10.2. The Balaban J connectivity index is 2.64. The van der Waals surface area contributed by atoms with Gasteiger partial charge in [0.2, 0.25) is 10.0 Å². The van der Waals surface area contributed by atoms with E-state index in [1.807, 2.05) is 0 Å². The van der Waals surface area contributed by atoms with Gasteiger partial charge in [0.25, 0.3) is 0 Å². The number of nitrogens with zero attached hydrogens (tertiary/aromatic N) is 1. The number of carbonyl (C=O) groups is 1. The molecule has 94 valence electrons. The number of carboxylic acid groups (broad SMARTS) is 1. The molecular weight excluding hydrogens is 234 g/mol. The molecule has 0 aromatic rings. The third-order valence-electron chi connectivity index (χ3n) is 2.35. The molecular formula is C9H17NO5S. The molecule has 0 saturated carbocycles. The van der Waals surface area contributed by atoms with Gasteiger partial charge < -0.3 is 9.84 Å². The maximum atomic E-state index is 11.8. The van der Waals surface area contributed by atoms with Gasteiger partial charge in [0.05, 0.1) is 24.4 Å². The Morgan fingerprint density at radius 3 is 2.31 bits per heavy atom. The maximum absolute atomic E-state index is 11.8. The Bertz CT molecular complexity index is 343. The maximum Gasteiger partial charge on any atom is 0.304 e. The lowest BCUT2D eigenvalue weighted by molar-refractivity contribution is -0.136. The van der Waals surface area contributed by atoms with E-state index >= 15 is 0 Å². The summed E-state index contributed by atoms with van der Waals surface area (Å²) in [6, 6.07) is 0. The highest BCUT2D eigenvalue weighted by molar-refractivity contribution is 7.89. The summed E-state index contributed by atoms with van der Waals surface area (Å²) in [6.45, 7) is 4.20. The van der Waals surface area contributed by atoms with Crippen LogP contribution < -0.4 is 0 Å². The minimum atomic E-state index is -3.47. The van der Waals surface area contributed by atoms with Crippen molar-refractivity contribution in [2.24, 2.45) is 0 Å². The second-order valence-corrected chi connectivity index (χ2v) is 6.12. The third-order valence-corrected chi connectivity index (χ3v) is 4.16. The molecule has 1 saturated heterocycles. The molecule has 0 radical (unpaired) electrons. The molecule has 7 heteroatoms. The molecule has 0 aliphatic carbocycles. The molecule has 1 aliphatic heterocycles. The van der Waals surface area contributed by atoms with E-state index in [0.29, 0.717) is 13.1 Å². The van der Waals surface area contributed by atoms with Crippen molar-refractivity contribution in [2.75, 3.05) is 18.8 Å². The van der Waals surface area contributed by atoms with Crippen LogP contribution in [0.2, 0.25) is 0 Å². The fraction of sp³-hybridized carbons (Fsp3) is 0.889. The van der Waals surface area contributed by atoms with Crippen molar-refractivity contribution in [3.05, 3.63) is 0 Å². The van der Waals surface area contributed by atoms with Gasteiger partial charge in [-0.2, -0.15) is 4.31 Å². The van der Waals surface area contributed by atoms with E-state index in [1.54, 1.807) is 13.8 Å².